The van der Waals surface area contributed by atoms with Gasteiger partial charge in [-0.1, -0.05) is 173 Å². The molecule has 10 heteroatoms. The van der Waals surface area contributed by atoms with Crippen molar-refractivity contribution >= 4 is 34.7 Å². The van der Waals surface area contributed by atoms with Gasteiger partial charge in [-0.15, -0.1) is 0 Å². The van der Waals surface area contributed by atoms with E-state index in [-0.39, 0.29) is 72.1 Å². The van der Waals surface area contributed by atoms with Gasteiger partial charge in [0.25, 0.3) is 0 Å². The van der Waals surface area contributed by atoms with Crippen molar-refractivity contribution in [3.63, 3.8) is 0 Å². The minimum Gasteiger partial charge on any atom is -0.488 e. The third kappa shape index (κ3) is 22.2. The van der Waals surface area contributed by atoms with Gasteiger partial charge < -0.3 is 9.47 Å². The second-order valence-electron chi connectivity index (χ2n) is 28.5. The highest BCUT2D eigenvalue weighted by Gasteiger charge is 2.40. The molecule has 74 heavy (non-hydrogen) atoms. The molecule has 0 spiro atoms. The van der Waals surface area contributed by atoms with Crippen molar-refractivity contribution in [2.45, 2.75) is 202 Å². The number of carbonyl (C=O) groups excluding carboxylic acids is 6. The highest BCUT2D eigenvalue weighted by molar-refractivity contribution is 5.94. The molecule has 0 aliphatic carbocycles. The lowest BCUT2D eigenvalue weighted by atomic mass is 9.82. The summed E-state index contributed by atoms with van der Waals surface area (Å²) in [4.78, 5) is 83.5. The number of rotatable bonds is 19. The van der Waals surface area contributed by atoms with Crippen LogP contribution in [-0.4, -0.2) is 94.0 Å². The molecule has 10 nitrogen and oxygen atoms in total. The zero-order valence-electron chi connectivity index (χ0n) is 50.5. The van der Waals surface area contributed by atoms with Gasteiger partial charge in [0.15, 0.2) is 34.7 Å². The first-order valence-electron chi connectivity index (χ1n) is 26.6. The predicted octanol–water partition coefficient (Wildman–Crippen LogP) is 13.5. The Bertz CT molecular complexity index is 2300. The summed E-state index contributed by atoms with van der Waals surface area (Å²) in [5, 5.41) is 0. The van der Waals surface area contributed by atoms with Crippen LogP contribution in [0.3, 0.4) is 0 Å². The maximum Gasteiger partial charge on any atom is 0.155 e. The Hall–Kier alpha value is -4.80. The maximum absolute atomic E-state index is 13.8. The number of carbonyl (C=O) groups is 6. The zero-order valence-corrected chi connectivity index (χ0v) is 50.5. The van der Waals surface area contributed by atoms with E-state index in [1.54, 1.807) is 4.90 Å². The fraction of sp³-hybridized carbons (Fsp3) is 0.625. The summed E-state index contributed by atoms with van der Waals surface area (Å²) in [6.45, 7) is 46.1. The lowest BCUT2D eigenvalue weighted by molar-refractivity contribution is -0.139. The Balaban J connectivity index is 0.000000514. The molecule has 3 rings (SSSR count). The van der Waals surface area contributed by atoms with E-state index in [4.69, 9.17) is 9.47 Å². The highest BCUT2D eigenvalue weighted by atomic mass is 16.5. The summed E-state index contributed by atoms with van der Waals surface area (Å²) in [6.07, 6.45) is 0.838. The van der Waals surface area contributed by atoms with Gasteiger partial charge in [0.05, 0.1) is 38.3 Å². The summed E-state index contributed by atoms with van der Waals surface area (Å²) < 4.78 is 11.9. The van der Waals surface area contributed by atoms with Gasteiger partial charge in [0.1, 0.15) is 22.7 Å². The van der Waals surface area contributed by atoms with Crippen LogP contribution in [-0.2, 0) is 41.6 Å². The van der Waals surface area contributed by atoms with Crippen molar-refractivity contribution in [1.29, 1.82) is 0 Å². The molecule has 0 radical (unpaired) electrons. The van der Waals surface area contributed by atoms with Crippen molar-refractivity contribution in [3.05, 3.63) is 83.9 Å². The van der Waals surface area contributed by atoms with Crippen LogP contribution < -0.4 is 9.47 Å². The van der Waals surface area contributed by atoms with Crippen LogP contribution >= 0.6 is 0 Å². The van der Waals surface area contributed by atoms with Crippen molar-refractivity contribution in [2.24, 2.45) is 32.5 Å². The molecule has 412 valence electrons. The number of hydrogen-bond acceptors (Lipinski definition) is 10. The van der Waals surface area contributed by atoms with E-state index in [9.17, 15) is 28.8 Å². The molecule has 0 N–H and O–H groups in total. The second-order valence-corrected chi connectivity index (χ2v) is 28.5. The second kappa shape index (κ2) is 24.9. The van der Waals surface area contributed by atoms with Crippen LogP contribution in [0, 0.1) is 32.5 Å². The number of benzene rings is 3. The van der Waals surface area contributed by atoms with E-state index in [0.29, 0.717) is 12.8 Å². The van der Waals surface area contributed by atoms with Crippen molar-refractivity contribution in [2.75, 3.05) is 26.2 Å². The van der Waals surface area contributed by atoms with Crippen molar-refractivity contribution in [1.82, 2.24) is 9.80 Å². The minimum atomic E-state index is -0.630. The quantitative estimate of drug-likeness (QED) is 0.114. The van der Waals surface area contributed by atoms with E-state index in [1.807, 2.05) is 232 Å². The van der Waals surface area contributed by atoms with E-state index in [1.165, 1.54) is 0 Å². The number of ether oxygens (including phenoxy) is 2. The molecule has 0 fully saturated rings. The van der Waals surface area contributed by atoms with Gasteiger partial charge in [-0.05, 0) is 101 Å². The van der Waals surface area contributed by atoms with Crippen molar-refractivity contribution < 1.29 is 38.2 Å². The van der Waals surface area contributed by atoms with Gasteiger partial charge in [-0.2, -0.15) is 0 Å². The third-order valence-corrected chi connectivity index (χ3v) is 12.5. The van der Waals surface area contributed by atoms with Crippen LogP contribution in [0.25, 0.3) is 11.1 Å². The van der Waals surface area contributed by atoms with Gasteiger partial charge in [0, 0.05) is 32.5 Å². The molecule has 2 unspecified atom stereocenters. The third-order valence-electron chi connectivity index (χ3n) is 12.5. The number of hydrogen-bond donors (Lipinski definition) is 0. The first-order chi connectivity index (χ1) is 33.2. The lowest BCUT2D eigenvalue weighted by Crippen LogP contribution is -2.53. The van der Waals surface area contributed by atoms with E-state index in [2.05, 4.69) is 12.1 Å². The van der Waals surface area contributed by atoms with E-state index < -0.39 is 44.6 Å². The lowest BCUT2D eigenvalue weighted by Gasteiger charge is -2.36. The Morgan fingerprint density at radius 1 is 0.338 bits per heavy atom. The van der Waals surface area contributed by atoms with Crippen molar-refractivity contribution in [3.8, 4) is 22.6 Å². The summed E-state index contributed by atoms with van der Waals surface area (Å²) in [6, 6.07) is 22.8. The summed E-state index contributed by atoms with van der Waals surface area (Å²) in [5.74, 6) is 1.67. The summed E-state index contributed by atoms with van der Waals surface area (Å²) >= 11 is 0. The van der Waals surface area contributed by atoms with E-state index in [0.717, 1.165) is 33.8 Å². The molecule has 0 aromatic heterocycles. The first kappa shape index (κ1) is 65.3. The standard InChI is InChI=1S/C35H51NO4.C29H47NO4/c1-32(2,3)29(37)22-36(23-30(38)33(4,5)6)28(31(39)34(7,8)9)21-24-13-15-25(16-14-24)26-17-19-27(20-18-26)40-35(10,11)12;1-26(2,3)23(31)18-30(19-24(32)27(4,5)6)22(25(33)28(7,8)9)17-20-13-15-21(16-14-20)34-29(10,11)12/h13-20,28H,21-23H2,1-12H3;13-16,22H,17-19H2,1-12H3. The van der Waals surface area contributed by atoms with Crippen LogP contribution in [0.1, 0.15) is 177 Å². The molecule has 0 aliphatic heterocycles. The minimum absolute atomic E-state index is 0.00911. The molecular weight excluding hydrogens is 925 g/mol. The van der Waals surface area contributed by atoms with Gasteiger partial charge in [-0.25, -0.2) is 0 Å². The van der Waals surface area contributed by atoms with Crippen LogP contribution in [0.15, 0.2) is 72.8 Å². The summed E-state index contributed by atoms with van der Waals surface area (Å²) in [7, 11) is 0. The van der Waals surface area contributed by atoms with Crippen LogP contribution in [0.5, 0.6) is 11.5 Å². The Morgan fingerprint density at radius 2 is 0.554 bits per heavy atom. The predicted molar refractivity (Wildman–Crippen MR) is 304 cm³/mol. The summed E-state index contributed by atoms with van der Waals surface area (Å²) in [5.41, 5.74) is -0.0125. The molecule has 0 saturated heterocycles. The number of nitrogens with zero attached hydrogens (tertiary/aromatic N) is 2. The molecule has 0 bridgehead atoms. The highest BCUT2D eigenvalue weighted by Crippen LogP contribution is 2.31. The molecule has 0 amide bonds. The Morgan fingerprint density at radius 3 is 0.770 bits per heavy atom. The number of Topliss-reactive ketones (excluding diaryl/α,β-unsaturated/α-hetero) is 6. The number of ketones is 6. The fourth-order valence-corrected chi connectivity index (χ4v) is 7.41. The Labute approximate surface area is 448 Å². The normalized spacial score (nSPS) is 13.9. The van der Waals surface area contributed by atoms with Gasteiger partial charge >= 0.3 is 0 Å². The van der Waals surface area contributed by atoms with E-state index >= 15 is 0 Å². The molecule has 3 aromatic rings. The largest absolute Gasteiger partial charge is 0.488 e. The Kier molecular flexibility index (Phi) is 22.0. The fourth-order valence-electron chi connectivity index (χ4n) is 7.41. The molecule has 0 saturated carbocycles. The SMILES string of the molecule is CC(C)(C)Oc1ccc(-c2ccc(CC(C(=O)C(C)(C)C)N(CC(=O)C(C)(C)C)CC(=O)C(C)(C)C)cc2)cc1.CC(C)(C)Oc1ccc(CC(C(=O)C(C)(C)C)N(CC(=O)C(C)(C)C)CC(=O)C(C)(C)C)cc1. The molecule has 3 aromatic carbocycles. The molecular formula is C64H98N2O8. The molecule has 0 heterocycles. The molecule has 2 atom stereocenters. The van der Waals surface area contributed by atoms with Crippen LogP contribution in [0.4, 0.5) is 0 Å². The molecule has 0 aliphatic rings. The first-order valence-corrected chi connectivity index (χ1v) is 26.6. The maximum atomic E-state index is 13.8. The van der Waals surface area contributed by atoms with Crippen LogP contribution in [0.2, 0.25) is 0 Å². The van der Waals surface area contributed by atoms with Gasteiger partial charge in [-0.3, -0.25) is 38.6 Å². The zero-order chi connectivity index (χ0) is 57.4. The van der Waals surface area contributed by atoms with Gasteiger partial charge in [0.2, 0.25) is 0 Å². The topological polar surface area (TPSA) is 127 Å². The smallest absolute Gasteiger partial charge is 0.155 e. The average Bonchev–Trinajstić information content (AvgIpc) is 3.22. The average molecular weight is 1020 g/mol. The monoisotopic (exact) mass is 1020 g/mol.